The molecule has 2 heterocycles. The lowest BCUT2D eigenvalue weighted by molar-refractivity contribution is 0.0942. The van der Waals surface area contributed by atoms with E-state index in [4.69, 9.17) is 0 Å². The summed E-state index contributed by atoms with van der Waals surface area (Å²) in [5.41, 5.74) is 0.543. The van der Waals surface area contributed by atoms with E-state index in [1.165, 1.54) is 32.4 Å². The minimum atomic E-state index is -0.0670. The highest BCUT2D eigenvalue weighted by Crippen LogP contribution is 2.07. The van der Waals surface area contributed by atoms with Crippen LogP contribution in [0.4, 0.5) is 0 Å². The maximum Gasteiger partial charge on any atom is 0.269 e. The van der Waals surface area contributed by atoms with Crippen molar-refractivity contribution >= 4 is 5.91 Å². The van der Waals surface area contributed by atoms with Crippen molar-refractivity contribution in [1.29, 1.82) is 0 Å². The molecule has 1 amide bonds. The van der Waals surface area contributed by atoms with E-state index in [-0.39, 0.29) is 5.91 Å². The fourth-order valence-electron chi connectivity index (χ4n) is 2.14. The van der Waals surface area contributed by atoms with Crippen molar-refractivity contribution in [2.75, 3.05) is 26.2 Å². The van der Waals surface area contributed by atoms with Crippen molar-refractivity contribution in [1.82, 2.24) is 20.2 Å². The molecule has 1 aromatic heterocycles. The molecule has 0 unspecified atom stereocenters. The Kier molecular flexibility index (Phi) is 4.14. The van der Waals surface area contributed by atoms with Crippen molar-refractivity contribution in [3.05, 3.63) is 17.7 Å². The third-order valence-corrected chi connectivity index (χ3v) is 3.11. The molecule has 0 bridgehead atoms. The zero-order chi connectivity index (χ0) is 12.1. The SMILES string of the molecule is Cc1ncc(C(=O)NCCN2CCCCC2)[nH]1. The maximum absolute atomic E-state index is 11.7. The first-order chi connectivity index (χ1) is 8.25. The lowest BCUT2D eigenvalue weighted by Crippen LogP contribution is -2.37. The largest absolute Gasteiger partial charge is 0.349 e. The average molecular weight is 236 g/mol. The summed E-state index contributed by atoms with van der Waals surface area (Å²) >= 11 is 0. The molecule has 5 heteroatoms. The molecule has 17 heavy (non-hydrogen) atoms. The highest BCUT2D eigenvalue weighted by atomic mass is 16.1. The van der Waals surface area contributed by atoms with Crippen molar-refractivity contribution in [3.8, 4) is 0 Å². The lowest BCUT2D eigenvalue weighted by atomic mass is 10.1. The number of hydrogen-bond acceptors (Lipinski definition) is 3. The second kappa shape index (κ2) is 5.82. The fourth-order valence-corrected chi connectivity index (χ4v) is 2.14. The number of aryl methyl sites for hydroxylation is 1. The van der Waals surface area contributed by atoms with Crippen LogP contribution in [0, 0.1) is 6.92 Å². The fraction of sp³-hybridized carbons (Fsp3) is 0.667. The van der Waals surface area contributed by atoms with E-state index in [1.807, 2.05) is 6.92 Å². The summed E-state index contributed by atoms with van der Waals surface area (Å²) in [6.45, 7) is 5.82. The third kappa shape index (κ3) is 3.56. The van der Waals surface area contributed by atoms with Gasteiger partial charge in [0.05, 0.1) is 6.20 Å². The van der Waals surface area contributed by atoms with Crippen molar-refractivity contribution in [2.24, 2.45) is 0 Å². The molecule has 1 fully saturated rings. The normalized spacial score (nSPS) is 17.0. The van der Waals surface area contributed by atoms with Crippen LogP contribution in [0.2, 0.25) is 0 Å². The van der Waals surface area contributed by atoms with Gasteiger partial charge in [0.15, 0.2) is 0 Å². The smallest absolute Gasteiger partial charge is 0.269 e. The number of nitrogens with zero attached hydrogens (tertiary/aromatic N) is 2. The Morgan fingerprint density at radius 2 is 2.24 bits per heavy atom. The maximum atomic E-state index is 11.7. The van der Waals surface area contributed by atoms with Gasteiger partial charge in [-0.15, -0.1) is 0 Å². The minimum absolute atomic E-state index is 0.0670. The quantitative estimate of drug-likeness (QED) is 0.817. The van der Waals surface area contributed by atoms with Gasteiger partial charge in [-0.25, -0.2) is 4.98 Å². The molecule has 94 valence electrons. The molecule has 0 saturated carbocycles. The van der Waals surface area contributed by atoms with Gasteiger partial charge in [-0.1, -0.05) is 6.42 Å². The van der Waals surface area contributed by atoms with Crippen LogP contribution in [-0.4, -0.2) is 47.0 Å². The zero-order valence-corrected chi connectivity index (χ0v) is 10.3. The number of nitrogens with one attached hydrogen (secondary N) is 2. The number of likely N-dealkylation sites (tertiary alicyclic amines) is 1. The standard InChI is InChI=1S/C12H20N4O/c1-10-14-9-11(15-10)12(17)13-5-8-16-6-3-2-4-7-16/h9H,2-8H2,1H3,(H,13,17)(H,14,15). The van der Waals surface area contributed by atoms with E-state index in [0.717, 1.165) is 12.4 Å². The lowest BCUT2D eigenvalue weighted by Gasteiger charge is -2.26. The van der Waals surface area contributed by atoms with Gasteiger partial charge in [0.2, 0.25) is 0 Å². The molecule has 0 aliphatic carbocycles. The molecule has 2 N–H and O–H groups in total. The number of H-pyrrole nitrogens is 1. The topological polar surface area (TPSA) is 61.0 Å². The summed E-state index contributed by atoms with van der Waals surface area (Å²) in [5, 5.41) is 2.91. The Hall–Kier alpha value is -1.36. The summed E-state index contributed by atoms with van der Waals surface area (Å²) in [7, 11) is 0. The van der Waals surface area contributed by atoms with E-state index in [9.17, 15) is 4.79 Å². The number of imidazole rings is 1. The van der Waals surface area contributed by atoms with Gasteiger partial charge in [-0.05, 0) is 32.9 Å². The van der Waals surface area contributed by atoms with Gasteiger partial charge in [0, 0.05) is 13.1 Å². The number of carbonyl (C=O) groups is 1. The third-order valence-electron chi connectivity index (χ3n) is 3.11. The van der Waals surface area contributed by atoms with Gasteiger partial charge < -0.3 is 15.2 Å². The van der Waals surface area contributed by atoms with Gasteiger partial charge in [-0.2, -0.15) is 0 Å². The summed E-state index contributed by atoms with van der Waals surface area (Å²) in [6.07, 6.45) is 5.49. The van der Waals surface area contributed by atoms with Crippen LogP contribution in [-0.2, 0) is 0 Å². The molecule has 0 radical (unpaired) electrons. The Morgan fingerprint density at radius 1 is 1.47 bits per heavy atom. The summed E-state index contributed by atoms with van der Waals surface area (Å²) in [4.78, 5) is 21.0. The summed E-state index contributed by atoms with van der Waals surface area (Å²) < 4.78 is 0. The van der Waals surface area contributed by atoms with Crippen LogP contribution in [0.15, 0.2) is 6.20 Å². The number of carbonyl (C=O) groups excluding carboxylic acids is 1. The molecule has 1 aliphatic rings. The second-order valence-corrected chi connectivity index (χ2v) is 4.54. The number of amides is 1. The Bertz CT molecular complexity index is 368. The van der Waals surface area contributed by atoms with E-state index in [1.54, 1.807) is 6.20 Å². The predicted molar refractivity (Wildman–Crippen MR) is 65.9 cm³/mol. The number of rotatable bonds is 4. The zero-order valence-electron chi connectivity index (χ0n) is 10.3. The Balaban J connectivity index is 1.69. The second-order valence-electron chi connectivity index (χ2n) is 4.54. The molecular formula is C12H20N4O. The molecule has 0 spiro atoms. The average Bonchev–Trinajstić information content (AvgIpc) is 2.77. The van der Waals surface area contributed by atoms with Crippen LogP contribution in [0.5, 0.6) is 0 Å². The highest BCUT2D eigenvalue weighted by Gasteiger charge is 2.11. The highest BCUT2D eigenvalue weighted by molar-refractivity contribution is 5.92. The van der Waals surface area contributed by atoms with Crippen molar-refractivity contribution in [3.63, 3.8) is 0 Å². The van der Waals surface area contributed by atoms with Gasteiger partial charge in [0.1, 0.15) is 11.5 Å². The van der Waals surface area contributed by atoms with Crippen molar-refractivity contribution in [2.45, 2.75) is 26.2 Å². The first-order valence-electron chi connectivity index (χ1n) is 6.28. The molecule has 1 aliphatic heterocycles. The molecule has 5 nitrogen and oxygen atoms in total. The van der Waals surface area contributed by atoms with E-state index in [2.05, 4.69) is 20.2 Å². The first-order valence-corrected chi connectivity index (χ1v) is 6.28. The van der Waals surface area contributed by atoms with E-state index in [0.29, 0.717) is 12.2 Å². The van der Waals surface area contributed by atoms with Gasteiger partial charge in [0.25, 0.3) is 5.91 Å². The molecule has 0 aromatic carbocycles. The number of hydrogen-bond donors (Lipinski definition) is 2. The van der Waals surface area contributed by atoms with Crippen LogP contribution in [0.1, 0.15) is 35.6 Å². The first kappa shape index (κ1) is 12.1. The van der Waals surface area contributed by atoms with E-state index < -0.39 is 0 Å². The molecule has 1 aromatic rings. The number of aromatic amines is 1. The summed E-state index contributed by atoms with van der Waals surface area (Å²) in [5.74, 6) is 0.703. The number of aromatic nitrogens is 2. The van der Waals surface area contributed by atoms with Crippen LogP contribution in [0.3, 0.4) is 0 Å². The molecular weight excluding hydrogens is 216 g/mol. The van der Waals surface area contributed by atoms with E-state index >= 15 is 0 Å². The van der Waals surface area contributed by atoms with Crippen LogP contribution < -0.4 is 5.32 Å². The molecule has 2 rings (SSSR count). The minimum Gasteiger partial charge on any atom is -0.349 e. The van der Waals surface area contributed by atoms with Crippen LogP contribution in [0.25, 0.3) is 0 Å². The Labute approximate surface area is 102 Å². The Morgan fingerprint density at radius 3 is 2.88 bits per heavy atom. The van der Waals surface area contributed by atoms with Gasteiger partial charge in [-0.3, -0.25) is 4.79 Å². The van der Waals surface area contributed by atoms with Crippen molar-refractivity contribution < 1.29 is 4.79 Å². The predicted octanol–water partition coefficient (Wildman–Crippen LogP) is 0.934. The summed E-state index contributed by atoms with van der Waals surface area (Å²) in [6, 6.07) is 0. The monoisotopic (exact) mass is 236 g/mol. The molecule has 0 atom stereocenters. The molecule has 1 saturated heterocycles. The van der Waals surface area contributed by atoms with Crippen LogP contribution >= 0.6 is 0 Å². The van der Waals surface area contributed by atoms with Gasteiger partial charge >= 0.3 is 0 Å². The number of piperidine rings is 1.